The van der Waals surface area contributed by atoms with E-state index in [4.69, 9.17) is 18.7 Å². The van der Waals surface area contributed by atoms with Gasteiger partial charge in [0.15, 0.2) is 23.0 Å². The summed E-state index contributed by atoms with van der Waals surface area (Å²) in [6.45, 7) is 7.47. The molecule has 8 heteroatoms. The van der Waals surface area contributed by atoms with Gasteiger partial charge in [-0.25, -0.2) is 0 Å². The highest BCUT2D eigenvalue weighted by Gasteiger charge is 2.27. The lowest BCUT2D eigenvalue weighted by molar-refractivity contribution is -0.00122. The molecule has 1 unspecified atom stereocenters. The van der Waals surface area contributed by atoms with Gasteiger partial charge in [0.2, 0.25) is 6.79 Å². The minimum atomic E-state index is -0.172. The topological polar surface area (TPSA) is 84.4 Å². The third kappa shape index (κ3) is 2.86. The van der Waals surface area contributed by atoms with Gasteiger partial charge in [0.25, 0.3) is 5.89 Å². The van der Waals surface area contributed by atoms with Crippen LogP contribution in [0.15, 0.2) is 28.8 Å². The monoisotopic (exact) mass is 368 g/mol. The summed E-state index contributed by atoms with van der Waals surface area (Å²) in [6.07, 6.45) is -0.104. The fraction of sp³-hybridized carbons (Fsp3) is 0.421. The lowest BCUT2D eigenvalue weighted by Gasteiger charge is -2.24. The third-order valence-corrected chi connectivity index (χ3v) is 4.72. The van der Waals surface area contributed by atoms with Gasteiger partial charge < -0.3 is 18.7 Å². The highest BCUT2D eigenvalue weighted by atomic mass is 16.7. The highest BCUT2D eigenvalue weighted by molar-refractivity contribution is 5.48. The van der Waals surface area contributed by atoms with Crippen LogP contribution in [0.5, 0.6) is 11.5 Å². The smallest absolute Gasteiger partial charge is 0.278 e. The normalized spacial score (nSPS) is 18.6. The molecule has 5 rings (SSSR count). The Labute approximate surface area is 156 Å². The lowest BCUT2D eigenvalue weighted by atomic mass is 9.96. The molecular weight excluding hydrogens is 348 g/mol. The number of rotatable bonds is 2. The minimum absolute atomic E-state index is 0.104. The van der Waals surface area contributed by atoms with Crippen molar-refractivity contribution in [3.8, 4) is 23.1 Å². The maximum absolute atomic E-state index is 6.04. The highest BCUT2D eigenvalue weighted by Crippen LogP contribution is 2.37. The summed E-state index contributed by atoms with van der Waals surface area (Å²) in [5.74, 6) is 2.62. The van der Waals surface area contributed by atoms with Crippen molar-refractivity contribution in [3.63, 3.8) is 0 Å². The zero-order chi connectivity index (χ0) is 18.6. The Bertz CT molecular complexity index is 1000. The fourth-order valence-electron chi connectivity index (χ4n) is 3.18. The molecule has 0 bridgehead atoms. The van der Waals surface area contributed by atoms with E-state index < -0.39 is 0 Å². The quantitative estimate of drug-likeness (QED) is 0.686. The van der Waals surface area contributed by atoms with Crippen LogP contribution in [0.1, 0.15) is 44.0 Å². The van der Waals surface area contributed by atoms with E-state index >= 15 is 0 Å². The summed E-state index contributed by atoms with van der Waals surface area (Å²) in [7, 11) is 0. The van der Waals surface area contributed by atoms with E-state index in [-0.39, 0.29) is 18.3 Å². The molecule has 0 spiro atoms. The van der Waals surface area contributed by atoms with Gasteiger partial charge in [-0.2, -0.15) is 10.1 Å². The van der Waals surface area contributed by atoms with Crippen LogP contribution in [0.3, 0.4) is 0 Å². The molecule has 0 saturated carbocycles. The number of fused-ring (bicyclic) bond motifs is 2. The number of hydrogen-bond acceptors (Lipinski definition) is 7. The van der Waals surface area contributed by atoms with Crippen molar-refractivity contribution in [1.29, 1.82) is 0 Å². The first kappa shape index (κ1) is 16.3. The summed E-state index contributed by atoms with van der Waals surface area (Å²) < 4.78 is 24.2. The van der Waals surface area contributed by atoms with Gasteiger partial charge in [0, 0.05) is 5.41 Å². The van der Waals surface area contributed by atoms with Gasteiger partial charge in [-0.05, 0) is 23.8 Å². The van der Waals surface area contributed by atoms with Crippen molar-refractivity contribution in [1.82, 2.24) is 19.9 Å². The van der Waals surface area contributed by atoms with Crippen molar-refractivity contribution in [2.45, 2.75) is 45.4 Å². The lowest BCUT2D eigenvalue weighted by Crippen LogP contribution is -2.21. The van der Waals surface area contributed by atoms with E-state index in [2.05, 4.69) is 15.2 Å². The van der Waals surface area contributed by atoms with E-state index in [1.54, 1.807) is 0 Å². The van der Waals surface area contributed by atoms with Crippen molar-refractivity contribution in [2.75, 3.05) is 6.79 Å². The Kier molecular flexibility index (Phi) is 3.51. The second-order valence-electron chi connectivity index (χ2n) is 7.79. The maximum Gasteiger partial charge on any atom is 0.278 e. The first-order chi connectivity index (χ1) is 13.0. The Hall–Kier alpha value is -2.87. The summed E-state index contributed by atoms with van der Waals surface area (Å²) in [6, 6.07) is 7.82. The molecule has 2 aliphatic heterocycles. The summed E-state index contributed by atoms with van der Waals surface area (Å²) in [5, 5.41) is 8.72. The number of ether oxygens (including phenoxy) is 3. The van der Waals surface area contributed by atoms with Gasteiger partial charge in [-0.3, -0.25) is 4.68 Å². The molecule has 0 N–H and O–H groups in total. The average Bonchev–Trinajstić information content (AvgIpc) is 3.37. The molecule has 0 aliphatic carbocycles. The molecule has 1 aromatic carbocycles. The first-order valence-corrected chi connectivity index (χ1v) is 8.90. The predicted molar refractivity (Wildman–Crippen MR) is 94.3 cm³/mol. The molecule has 3 aromatic rings. The van der Waals surface area contributed by atoms with E-state index in [1.807, 2.05) is 49.7 Å². The summed E-state index contributed by atoms with van der Waals surface area (Å²) in [4.78, 5) is 4.49. The molecule has 0 fully saturated rings. The molecule has 0 amide bonds. The molecule has 2 aliphatic rings. The van der Waals surface area contributed by atoms with Crippen LogP contribution in [-0.2, 0) is 23.3 Å². The van der Waals surface area contributed by atoms with Crippen molar-refractivity contribution in [2.24, 2.45) is 0 Å². The van der Waals surface area contributed by atoms with Crippen LogP contribution in [0.2, 0.25) is 0 Å². The number of hydrogen-bond donors (Lipinski definition) is 0. The Balaban J connectivity index is 1.40. The minimum Gasteiger partial charge on any atom is -0.454 e. The molecule has 1 atom stereocenters. The summed E-state index contributed by atoms with van der Waals surface area (Å²) in [5.41, 5.74) is 2.52. The van der Waals surface area contributed by atoms with Crippen LogP contribution >= 0.6 is 0 Å². The van der Waals surface area contributed by atoms with E-state index in [0.29, 0.717) is 30.6 Å². The third-order valence-electron chi connectivity index (χ3n) is 4.72. The van der Waals surface area contributed by atoms with Gasteiger partial charge in [-0.1, -0.05) is 32.0 Å². The second-order valence-corrected chi connectivity index (χ2v) is 7.79. The number of benzene rings is 1. The Morgan fingerprint density at radius 3 is 2.78 bits per heavy atom. The van der Waals surface area contributed by atoms with E-state index in [9.17, 15) is 0 Å². The van der Waals surface area contributed by atoms with Crippen LogP contribution in [0, 0.1) is 0 Å². The second kappa shape index (κ2) is 5.82. The molecule has 140 valence electrons. The molecule has 0 radical (unpaired) electrons. The molecule has 2 aromatic heterocycles. The number of nitrogens with zero attached hydrogens (tertiary/aromatic N) is 4. The fourth-order valence-corrected chi connectivity index (χ4v) is 3.18. The van der Waals surface area contributed by atoms with Crippen LogP contribution in [0.25, 0.3) is 11.6 Å². The SMILES string of the molecule is CC(C)(C)c1noc(-c2cc3n(n2)CC(c2ccc4c(c2)OCO4)OC3)n1. The maximum atomic E-state index is 6.04. The van der Waals surface area contributed by atoms with Crippen LogP contribution in [-0.4, -0.2) is 26.7 Å². The molecule has 27 heavy (non-hydrogen) atoms. The molecule has 4 heterocycles. The Morgan fingerprint density at radius 2 is 1.96 bits per heavy atom. The van der Waals surface area contributed by atoms with Crippen molar-refractivity contribution < 1.29 is 18.7 Å². The van der Waals surface area contributed by atoms with Crippen LogP contribution in [0.4, 0.5) is 0 Å². The number of aromatic nitrogens is 4. The molecule has 8 nitrogen and oxygen atoms in total. The molecule has 0 saturated heterocycles. The molecular formula is C19H20N4O4. The van der Waals surface area contributed by atoms with Gasteiger partial charge in [0.05, 0.1) is 18.8 Å². The van der Waals surface area contributed by atoms with Gasteiger partial charge in [-0.15, -0.1) is 0 Å². The largest absolute Gasteiger partial charge is 0.454 e. The van der Waals surface area contributed by atoms with E-state index in [1.165, 1.54) is 0 Å². The first-order valence-electron chi connectivity index (χ1n) is 8.90. The van der Waals surface area contributed by atoms with E-state index in [0.717, 1.165) is 22.8 Å². The predicted octanol–water partition coefficient (Wildman–Crippen LogP) is 3.23. The zero-order valence-corrected chi connectivity index (χ0v) is 15.4. The van der Waals surface area contributed by atoms with Crippen LogP contribution < -0.4 is 9.47 Å². The van der Waals surface area contributed by atoms with Gasteiger partial charge in [0.1, 0.15) is 6.10 Å². The average molecular weight is 368 g/mol. The zero-order valence-electron chi connectivity index (χ0n) is 15.4. The van der Waals surface area contributed by atoms with Crippen molar-refractivity contribution >= 4 is 0 Å². The standard InChI is InChI=1S/C19H20N4O4/c1-19(2,3)18-20-17(27-22-18)13-7-12-9-24-16(8-23(12)21-13)11-4-5-14-15(6-11)26-10-25-14/h4-7,16H,8-10H2,1-3H3. The van der Waals surface area contributed by atoms with Crippen molar-refractivity contribution in [3.05, 3.63) is 41.3 Å². The Morgan fingerprint density at radius 1 is 1.11 bits per heavy atom. The van der Waals surface area contributed by atoms with Gasteiger partial charge >= 0.3 is 0 Å². The summed E-state index contributed by atoms with van der Waals surface area (Å²) >= 11 is 0.